The first kappa shape index (κ1) is 24.1. The number of nitrogens with one attached hydrogen (secondary N) is 2. The maximum absolute atomic E-state index is 13.7. The number of guanidine groups is 1. The number of methoxy groups -OCH3 is 1. The third-order valence-electron chi connectivity index (χ3n) is 3.67. The molecule has 0 atom stereocenters. The van der Waals surface area contributed by atoms with Crippen LogP contribution in [0.25, 0.3) is 0 Å². The molecule has 2 N–H and O–H groups in total. The summed E-state index contributed by atoms with van der Waals surface area (Å²) in [4.78, 5) is 4.49. The van der Waals surface area contributed by atoms with Crippen LogP contribution in [-0.4, -0.2) is 32.8 Å². The molecule has 0 heterocycles. The van der Waals surface area contributed by atoms with Crippen LogP contribution in [0.1, 0.15) is 18.1 Å². The summed E-state index contributed by atoms with van der Waals surface area (Å²) in [5, 5.41) is 6.10. The monoisotopic (exact) mass is 505 g/mol. The molecule has 2 aromatic rings. The molecule has 0 aromatic heterocycles. The van der Waals surface area contributed by atoms with E-state index < -0.39 is 11.6 Å². The fourth-order valence-corrected chi connectivity index (χ4v) is 2.35. The van der Waals surface area contributed by atoms with Crippen LogP contribution < -0.4 is 15.4 Å². The second-order valence-corrected chi connectivity index (χ2v) is 5.77. The van der Waals surface area contributed by atoms with Gasteiger partial charge in [-0.2, -0.15) is 0 Å². The highest BCUT2D eigenvalue weighted by Gasteiger charge is 2.05. The minimum Gasteiger partial charge on any atom is -0.491 e. The standard InChI is InChI=1S/C20H25F2N3O2.HI/c1-3-23-20(25-14-16-12-17(21)7-8-19(16)22)24-13-15-5-4-6-18(11-15)27-10-9-26-2;/h4-8,11-12H,3,9-10,13-14H2,1-2H3,(H2,23,24,25);1H. The van der Waals surface area contributed by atoms with Gasteiger partial charge in [0.25, 0.3) is 0 Å². The molecule has 2 rings (SSSR count). The number of rotatable bonds is 9. The molecule has 0 spiro atoms. The third kappa shape index (κ3) is 8.39. The van der Waals surface area contributed by atoms with Crippen molar-refractivity contribution in [2.75, 3.05) is 26.9 Å². The molecule has 0 fully saturated rings. The van der Waals surface area contributed by atoms with Crippen LogP contribution in [0.2, 0.25) is 0 Å². The van der Waals surface area contributed by atoms with E-state index >= 15 is 0 Å². The van der Waals surface area contributed by atoms with Gasteiger partial charge < -0.3 is 20.1 Å². The lowest BCUT2D eigenvalue weighted by atomic mass is 10.2. The van der Waals surface area contributed by atoms with Gasteiger partial charge in [-0.15, -0.1) is 24.0 Å². The largest absolute Gasteiger partial charge is 0.491 e. The van der Waals surface area contributed by atoms with Gasteiger partial charge in [-0.05, 0) is 42.8 Å². The quantitative estimate of drug-likeness (QED) is 0.235. The maximum Gasteiger partial charge on any atom is 0.191 e. The summed E-state index contributed by atoms with van der Waals surface area (Å²) < 4.78 is 37.6. The fourth-order valence-electron chi connectivity index (χ4n) is 2.35. The maximum atomic E-state index is 13.7. The molecule has 0 aliphatic heterocycles. The van der Waals surface area contributed by atoms with Gasteiger partial charge in [0, 0.05) is 25.8 Å². The van der Waals surface area contributed by atoms with E-state index in [-0.39, 0.29) is 36.1 Å². The van der Waals surface area contributed by atoms with E-state index in [1.54, 1.807) is 7.11 Å². The average Bonchev–Trinajstić information content (AvgIpc) is 2.67. The van der Waals surface area contributed by atoms with Crippen molar-refractivity contribution < 1.29 is 18.3 Å². The van der Waals surface area contributed by atoms with E-state index in [1.165, 1.54) is 6.07 Å². The van der Waals surface area contributed by atoms with Gasteiger partial charge in [-0.1, -0.05) is 12.1 Å². The molecule has 0 unspecified atom stereocenters. The number of aliphatic imine (C=N–C) groups is 1. The van der Waals surface area contributed by atoms with Crippen molar-refractivity contribution in [2.24, 2.45) is 4.99 Å². The molecule has 8 heteroatoms. The van der Waals surface area contributed by atoms with Gasteiger partial charge in [0.1, 0.15) is 24.0 Å². The first-order valence-electron chi connectivity index (χ1n) is 8.79. The number of hydrogen-bond donors (Lipinski definition) is 2. The number of halogens is 3. The van der Waals surface area contributed by atoms with Crippen molar-refractivity contribution in [3.63, 3.8) is 0 Å². The molecule has 154 valence electrons. The van der Waals surface area contributed by atoms with Crippen molar-refractivity contribution in [3.8, 4) is 5.75 Å². The Bertz CT molecular complexity index is 760. The van der Waals surface area contributed by atoms with Gasteiger partial charge in [-0.3, -0.25) is 0 Å². The molecular formula is C20H26F2IN3O2. The van der Waals surface area contributed by atoms with Gasteiger partial charge in [0.15, 0.2) is 5.96 Å². The molecular weight excluding hydrogens is 479 g/mol. The molecule has 0 bridgehead atoms. The summed E-state index contributed by atoms with van der Waals surface area (Å²) >= 11 is 0. The third-order valence-corrected chi connectivity index (χ3v) is 3.67. The van der Waals surface area contributed by atoms with Gasteiger partial charge in [0.05, 0.1) is 13.2 Å². The number of ether oxygens (including phenoxy) is 2. The SMILES string of the molecule is CCNC(=NCc1cccc(OCCOC)c1)NCc1cc(F)ccc1F.I. The summed E-state index contributed by atoms with van der Waals surface area (Å²) in [6.07, 6.45) is 0. The number of nitrogens with zero attached hydrogens (tertiary/aromatic N) is 1. The zero-order chi connectivity index (χ0) is 19.5. The van der Waals surface area contributed by atoms with Crippen molar-refractivity contribution in [1.82, 2.24) is 10.6 Å². The zero-order valence-electron chi connectivity index (χ0n) is 16.0. The van der Waals surface area contributed by atoms with Crippen LogP contribution >= 0.6 is 24.0 Å². The predicted octanol–water partition coefficient (Wildman–Crippen LogP) is 3.86. The summed E-state index contributed by atoms with van der Waals surface area (Å²) in [5.41, 5.74) is 1.22. The van der Waals surface area contributed by atoms with Crippen LogP contribution in [-0.2, 0) is 17.8 Å². The summed E-state index contributed by atoms with van der Waals surface area (Å²) in [6.45, 7) is 4.14. The summed E-state index contributed by atoms with van der Waals surface area (Å²) in [6, 6.07) is 11.0. The Morgan fingerprint density at radius 2 is 1.89 bits per heavy atom. The Kier molecular flexibility index (Phi) is 11.4. The van der Waals surface area contributed by atoms with Crippen LogP contribution in [0.15, 0.2) is 47.5 Å². The molecule has 0 aliphatic carbocycles. The lowest BCUT2D eigenvalue weighted by Crippen LogP contribution is -2.37. The molecule has 28 heavy (non-hydrogen) atoms. The minimum atomic E-state index is -0.472. The highest BCUT2D eigenvalue weighted by Crippen LogP contribution is 2.14. The zero-order valence-corrected chi connectivity index (χ0v) is 18.3. The molecule has 0 aliphatic rings. The van der Waals surface area contributed by atoms with E-state index in [0.717, 1.165) is 23.4 Å². The normalized spacial score (nSPS) is 10.9. The topological polar surface area (TPSA) is 54.9 Å². The first-order chi connectivity index (χ1) is 13.1. The average molecular weight is 505 g/mol. The Balaban J connectivity index is 0.00000392. The highest BCUT2D eigenvalue weighted by molar-refractivity contribution is 14.0. The lowest BCUT2D eigenvalue weighted by Gasteiger charge is -2.12. The summed E-state index contributed by atoms with van der Waals surface area (Å²) in [7, 11) is 1.62. The van der Waals surface area contributed by atoms with Crippen LogP contribution in [0, 0.1) is 11.6 Å². The van der Waals surface area contributed by atoms with Crippen LogP contribution in [0.3, 0.4) is 0 Å². The van der Waals surface area contributed by atoms with Gasteiger partial charge >= 0.3 is 0 Å². The molecule has 0 amide bonds. The lowest BCUT2D eigenvalue weighted by molar-refractivity contribution is 0.146. The smallest absolute Gasteiger partial charge is 0.191 e. The van der Waals surface area contributed by atoms with E-state index in [1.807, 2.05) is 31.2 Å². The molecule has 5 nitrogen and oxygen atoms in total. The molecule has 0 radical (unpaired) electrons. The van der Waals surface area contributed by atoms with Crippen molar-refractivity contribution >= 4 is 29.9 Å². The van der Waals surface area contributed by atoms with Crippen LogP contribution in [0.5, 0.6) is 5.75 Å². The van der Waals surface area contributed by atoms with Gasteiger partial charge in [-0.25, -0.2) is 13.8 Å². The van der Waals surface area contributed by atoms with Crippen molar-refractivity contribution in [1.29, 1.82) is 0 Å². The van der Waals surface area contributed by atoms with Crippen LogP contribution in [0.4, 0.5) is 8.78 Å². The van der Waals surface area contributed by atoms with E-state index in [0.29, 0.717) is 32.3 Å². The second kappa shape index (κ2) is 13.3. The molecule has 2 aromatic carbocycles. The number of benzene rings is 2. The van der Waals surface area contributed by atoms with Gasteiger partial charge in [0.2, 0.25) is 0 Å². The van der Waals surface area contributed by atoms with Crippen molar-refractivity contribution in [3.05, 3.63) is 65.2 Å². The Hall–Kier alpha value is -1.94. The Labute approximate surface area is 181 Å². The number of hydrogen-bond acceptors (Lipinski definition) is 3. The minimum absolute atomic E-state index is 0. The van der Waals surface area contributed by atoms with Crippen molar-refractivity contribution in [2.45, 2.75) is 20.0 Å². The predicted molar refractivity (Wildman–Crippen MR) is 117 cm³/mol. The summed E-state index contributed by atoms with van der Waals surface area (Å²) in [5.74, 6) is 0.340. The second-order valence-electron chi connectivity index (χ2n) is 5.77. The Morgan fingerprint density at radius 3 is 2.64 bits per heavy atom. The van der Waals surface area contributed by atoms with E-state index in [2.05, 4.69) is 15.6 Å². The Morgan fingerprint density at radius 1 is 1.07 bits per heavy atom. The molecule has 0 saturated carbocycles. The highest BCUT2D eigenvalue weighted by atomic mass is 127. The molecule has 0 saturated heterocycles. The fraction of sp³-hybridized carbons (Fsp3) is 0.350. The van der Waals surface area contributed by atoms with E-state index in [4.69, 9.17) is 9.47 Å². The first-order valence-corrected chi connectivity index (χ1v) is 8.79. The van der Waals surface area contributed by atoms with E-state index in [9.17, 15) is 8.78 Å².